The van der Waals surface area contributed by atoms with Gasteiger partial charge in [-0.15, -0.1) is 0 Å². The fourth-order valence-corrected chi connectivity index (χ4v) is 2.38. The van der Waals surface area contributed by atoms with Crippen molar-refractivity contribution in [3.05, 3.63) is 18.3 Å². The molecule has 0 amide bonds. The molecule has 2 N–H and O–H groups in total. The number of aromatic nitrogens is 1. The summed E-state index contributed by atoms with van der Waals surface area (Å²) in [5.74, 6) is 1.30. The van der Waals surface area contributed by atoms with Crippen molar-refractivity contribution >= 4 is 0 Å². The molecule has 2 atom stereocenters. The molecule has 1 aliphatic rings. The number of rotatable bonds is 5. The van der Waals surface area contributed by atoms with Gasteiger partial charge < -0.3 is 15.2 Å². The van der Waals surface area contributed by atoms with Gasteiger partial charge >= 0.3 is 0 Å². The molecule has 0 saturated heterocycles. The van der Waals surface area contributed by atoms with Crippen molar-refractivity contribution in [2.75, 3.05) is 6.61 Å². The number of nitrogens with zero attached hydrogens (tertiary/aromatic N) is 1. The quantitative estimate of drug-likeness (QED) is 0.831. The van der Waals surface area contributed by atoms with Gasteiger partial charge in [-0.1, -0.05) is 19.8 Å². The molecule has 0 bridgehead atoms. The molecule has 1 heterocycles. The van der Waals surface area contributed by atoms with Gasteiger partial charge in [-0.2, -0.15) is 0 Å². The summed E-state index contributed by atoms with van der Waals surface area (Å²) >= 11 is 0. The second kappa shape index (κ2) is 7.34. The van der Waals surface area contributed by atoms with Crippen molar-refractivity contribution in [1.82, 2.24) is 4.98 Å². The molecule has 0 radical (unpaired) electrons. The molecule has 2 rings (SSSR count). The van der Waals surface area contributed by atoms with Gasteiger partial charge in [0.1, 0.15) is 6.10 Å². The summed E-state index contributed by atoms with van der Waals surface area (Å²) in [5.41, 5.74) is 6.18. The molecular formula is C15H24N2O2. The van der Waals surface area contributed by atoms with Crippen molar-refractivity contribution < 1.29 is 9.47 Å². The van der Waals surface area contributed by atoms with E-state index in [1.54, 1.807) is 6.20 Å². The van der Waals surface area contributed by atoms with E-state index in [9.17, 15) is 0 Å². The first-order valence-corrected chi connectivity index (χ1v) is 7.31. The Bertz CT molecular complexity index is 384. The lowest BCUT2D eigenvalue weighted by Gasteiger charge is -2.23. The average Bonchev–Trinajstić information content (AvgIpc) is 2.63. The minimum atomic E-state index is 0.0568. The van der Waals surface area contributed by atoms with Gasteiger partial charge in [0.25, 0.3) is 5.88 Å². The Morgan fingerprint density at radius 2 is 2.16 bits per heavy atom. The summed E-state index contributed by atoms with van der Waals surface area (Å²) in [6.07, 6.45) is 8.41. The molecule has 1 fully saturated rings. The third-order valence-electron chi connectivity index (χ3n) is 3.46. The van der Waals surface area contributed by atoms with Crippen LogP contribution in [0.5, 0.6) is 11.6 Å². The summed E-state index contributed by atoms with van der Waals surface area (Å²) in [4.78, 5) is 4.29. The zero-order valence-electron chi connectivity index (χ0n) is 11.7. The van der Waals surface area contributed by atoms with E-state index in [4.69, 9.17) is 15.2 Å². The number of nitrogens with two attached hydrogens (primary N) is 1. The van der Waals surface area contributed by atoms with Crippen LogP contribution >= 0.6 is 0 Å². The monoisotopic (exact) mass is 264 g/mol. The summed E-state index contributed by atoms with van der Waals surface area (Å²) < 4.78 is 11.7. The fraction of sp³-hybridized carbons (Fsp3) is 0.667. The Hall–Kier alpha value is -1.29. The van der Waals surface area contributed by atoms with Crippen molar-refractivity contribution in [2.24, 2.45) is 5.73 Å². The lowest BCUT2D eigenvalue weighted by atomic mass is 10.1. The highest BCUT2D eigenvalue weighted by Gasteiger charge is 2.23. The molecule has 4 heteroatoms. The van der Waals surface area contributed by atoms with E-state index in [-0.39, 0.29) is 12.1 Å². The van der Waals surface area contributed by atoms with Crippen molar-refractivity contribution in [3.63, 3.8) is 0 Å². The van der Waals surface area contributed by atoms with Crippen molar-refractivity contribution in [3.8, 4) is 11.6 Å². The second-order valence-electron chi connectivity index (χ2n) is 5.11. The molecule has 0 aromatic carbocycles. The third-order valence-corrected chi connectivity index (χ3v) is 3.46. The van der Waals surface area contributed by atoms with Crippen LogP contribution in [0.2, 0.25) is 0 Å². The lowest BCUT2D eigenvalue weighted by molar-refractivity contribution is 0.147. The topological polar surface area (TPSA) is 57.4 Å². The third kappa shape index (κ3) is 4.10. The van der Waals surface area contributed by atoms with Crippen LogP contribution in [0.4, 0.5) is 0 Å². The van der Waals surface area contributed by atoms with E-state index >= 15 is 0 Å². The summed E-state index contributed by atoms with van der Waals surface area (Å²) in [6.45, 7) is 2.76. The van der Waals surface area contributed by atoms with Gasteiger partial charge in [0, 0.05) is 12.2 Å². The predicted molar refractivity (Wildman–Crippen MR) is 75.5 cm³/mol. The van der Waals surface area contributed by atoms with Crippen molar-refractivity contribution in [2.45, 2.75) is 57.6 Å². The highest BCUT2D eigenvalue weighted by atomic mass is 16.5. The first-order valence-electron chi connectivity index (χ1n) is 7.31. The average molecular weight is 264 g/mol. The van der Waals surface area contributed by atoms with E-state index in [0.717, 1.165) is 25.0 Å². The summed E-state index contributed by atoms with van der Waals surface area (Å²) in [6, 6.07) is 3.87. The van der Waals surface area contributed by atoms with E-state index in [2.05, 4.69) is 11.9 Å². The van der Waals surface area contributed by atoms with Crippen LogP contribution in [-0.4, -0.2) is 23.7 Å². The molecule has 1 saturated carbocycles. The van der Waals surface area contributed by atoms with Crippen LogP contribution in [0.1, 0.15) is 45.4 Å². The van der Waals surface area contributed by atoms with Crippen LogP contribution in [-0.2, 0) is 0 Å². The molecule has 4 nitrogen and oxygen atoms in total. The van der Waals surface area contributed by atoms with Gasteiger partial charge in [-0.05, 0) is 37.8 Å². The van der Waals surface area contributed by atoms with Gasteiger partial charge in [-0.3, -0.25) is 0 Å². The van der Waals surface area contributed by atoms with Gasteiger partial charge in [-0.25, -0.2) is 4.98 Å². The minimum Gasteiger partial charge on any atom is -0.488 e. The minimum absolute atomic E-state index is 0.0568. The normalized spacial score (nSPS) is 23.7. The maximum atomic E-state index is 6.18. The Kier molecular flexibility index (Phi) is 5.45. The zero-order chi connectivity index (χ0) is 13.5. The highest BCUT2D eigenvalue weighted by molar-refractivity contribution is 5.32. The molecule has 0 spiro atoms. The SMILES string of the molecule is CCCOc1cccnc1OC1CCCCCC1N. The second-order valence-corrected chi connectivity index (χ2v) is 5.11. The van der Waals surface area contributed by atoms with E-state index in [1.807, 2.05) is 12.1 Å². The maximum absolute atomic E-state index is 6.18. The first-order chi connectivity index (χ1) is 9.31. The standard InChI is InChI=1S/C15H24N2O2/c1-2-11-18-14-9-6-10-17-15(14)19-13-8-5-3-4-7-12(13)16/h6,9-10,12-13H,2-5,7-8,11,16H2,1H3. The fourth-order valence-electron chi connectivity index (χ4n) is 2.38. The maximum Gasteiger partial charge on any atom is 0.257 e. The number of pyridine rings is 1. The molecule has 19 heavy (non-hydrogen) atoms. The van der Waals surface area contributed by atoms with E-state index in [0.29, 0.717) is 12.5 Å². The Morgan fingerprint density at radius 1 is 1.32 bits per heavy atom. The highest BCUT2D eigenvalue weighted by Crippen LogP contribution is 2.28. The Labute approximate surface area is 115 Å². The zero-order valence-corrected chi connectivity index (χ0v) is 11.7. The molecule has 106 valence electrons. The number of ether oxygens (including phenoxy) is 2. The molecular weight excluding hydrogens is 240 g/mol. The number of hydrogen-bond donors (Lipinski definition) is 1. The van der Waals surface area contributed by atoms with Crippen LogP contribution < -0.4 is 15.2 Å². The Morgan fingerprint density at radius 3 is 3.00 bits per heavy atom. The van der Waals surface area contributed by atoms with E-state index < -0.39 is 0 Å². The molecule has 2 unspecified atom stereocenters. The largest absolute Gasteiger partial charge is 0.488 e. The van der Waals surface area contributed by atoms with Crippen LogP contribution in [0, 0.1) is 0 Å². The molecule has 1 aliphatic carbocycles. The Balaban J connectivity index is 2.04. The van der Waals surface area contributed by atoms with Crippen LogP contribution in [0.3, 0.4) is 0 Å². The van der Waals surface area contributed by atoms with Gasteiger partial charge in [0.05, 0.1) is 6.61 Å². The first kappa shape index (κ1) is 14.1. The van der Waals surface area contributed by atoms with E-state index in [1.165, 1.54) is 19.3 Å². The van der Waals surface area contributed by atoms with Gasteiger partial charge in [0.15, 0.2) is 5.75 Å². The predicted octanol–water partition coefficient (Wildman–Crippen LogP) is 2.91. The van der Waals surface area contributed by atoms with Crippen molar-refractivity contribution in [1.29, 1.82) is 0 Å². The molecule has 1 aromatic rings. The number of hydrogen-bond acceptors (Lipinski definition) is 4. The van der Waals surface area contributed by atoms with Crippen LogP contribution in [0.15, 0.2) is 18.3 Å². The molecule has 1 aromatic heterocycles. The van der Waals surface area contributed by atoms with Gasteiger partial charge in [0.2, 0.25) is 0 Å². The summed E-state index contributed by atoms with van der Waals surface area (Å²) in [5, 5.41) is 0. The van der Waals surface area contributed by atoms with Crippen LogP contribution in [0.25, 0.3) is 0 Å². The smallest absolute Gasteiger partial charge is 0.257 e. The lowest BCUT2D eigenvalue weighted by Crippen LogP contribution is -2.38. The molecule has 0 aliphatic heterocycles. The summed E-state index contributed by atoms with van der Waals surface area (Å²) in [7, 11) is 0.